The molecule has 0 saturated carbocycles. The average Bonchev–Trinajstić information content (AvgIpc) is 2.40. The van der Waals surface area contributed by atoms with Gasteiger partial charge < -0.3 is 14.9 Å². The molecule has 1 aromatic heterocycles. The van der Waals surface area contributed by atoms with Crippen molar-refractivity contribution < 1.29 is 14.7 Å². The van der Waals surface area contributed by atoms with Gasteiger partial charge in [-0.1, -0.05) is 6.07 Å². The standard InChI is InChI=1S/C14H21N3O3/c1-5-17(14(2,3)12(18)19)13(20)16(4)10-11-8-6-7-9-15-11/h6-9H,5,10H2,1-4H3,(H,18,19). The summed E-state index contributed by atoms with van der Waals surface area (Å²) in [5, 5.41) is 9.24. The van der Waals surface area contributed by atoms with Gasteiger partial charge in [0.05, 0.1) is 12.2 Å². The molecule has 1 heterocycles. The highest BCUT2D eigenvalue weighted by atomic mass is 16.4. The lowest BCUT2D eigenvalue weighted by atomic mass is 10.0. The van der Waals surface area contributed by atoms with Crippen LogP contribution in [0.25, 0.3) is 0 Å². The Labute approximate surface area is 119 Å². The fourth-order valence-corrected chi connectivity index (χ4v) is 1.89. The summed E-state index contributed by atoms with van der Waals surface area (Å²) in [6.07, 6.45) is 1.66. The third-order valence-corrected chi connectivity index (χ3v) is 3.20. The number of carbonyl (C=O) groups excluding carboxylic acids is 1. The maximum atomic E-state index is 12.4. The summed E-state index contributed by atoms with van der Waals surface area (Å²) in [5.41, 5.74) is -0.489. The van der Waals surface area contributed by atoms with Crippen molar-refractivity contribution >= 4 is 12.0 Å². The number of aromatic nitrogens is 1. The Balaban J connectivity index is 2.84. The van der Waals surface area contributed by atoms with Gasteiger partial charge in [-0.05, 0) is 32.9 Å². The van der Waals surface area contributed by atoms with Gasteiger partial charge in [0.15, 0.2) is 0 Å². The maximum absolute atomic E-state index is 12.4. The van der Waals surface area contributed by atoms with Crippen LogP contribution in [0, 0.1) is 0 Å². The fourth-order valence-electron chi connectivity index (χ4n) is 1.89. The van der Waals surface area contributed by atoms with Crippen LogP contribution in [-0.2, 0) is 11.3 Å². The Morgan fingerprint density at radius 2 is 2.00 bits per heavy atom. The first-order chi connectivity index (χ1) is 9.30. The summed E-state index contributed by atoms with van der Waals surface area (Å²) in [4.78, 5) is 30.6. The molecule has 0 aliphatic heterocycles. The van der Waals surface area contributed by atoms with Crippen molar-refractivity contribution in [3.05, 3.63) is 30.1 Å². The summed E-state index contributed by atoms with van der Waals surface area (Å²) < 4.78 is 0. The third-order valence-electron chi connectivity index (χ3n) is 3.20. The monoisotopic (exact) mass is 279 g/mol. The average molecular weight is 279 g/mol. The second-order valence-corrected chi connectivity index (χ2v) is 5.07. The molecule has 0 fully saturated rings. The fraction of sp³-hybridized carbons (Fsp3) is 0.500. The number of aliphatic carboxylic acids is 1. The van der Waals surface area contributed by atoms with E-state index < -0.39 is 11.5 Å². The van der Waals surface area contributed by atoms with Crippen LogP contribution < -0.4 is 0 Å². The van der Waals surface area contributed by atoms with E-state index >= 15 is 0 Å². The molecule has 6 nitrogen and oxygen atoms in total. The van der Waals surface area contributed by atoms with Crippen LogP contribution >= 0.6 is 0 Å². The highest BCUT2D eigenvalue weighted by Gasteiger charge is 2.38. The van der Waals surface area contributed by atoms with E-state index in [1.807, 2.05) is 12.1 Å². The van der Waals surface area contributed by atoms with E-state index in [1.54, 1.807) is 26.2 Å². The number of hydrogen-bond acceptors (Lipinski definition) is 3. The van der Waals surface area contributed by atoms with Crippen molar-refractivity contribution in [3.63, 3.8) is 0 Å². The molecule has 1 rings (SSSR count). The van der Waals surface area contributed by atoms with E-state index in [4.69, 9.17) is 0 Å². The predicted molar refractivity (Wildman–Crippen MR) is 75.2 cm³/mol. The number of nitrogens with zero attached hydrogens (tertiary/aromatic N) is 3. The summed E-state index contributed by atoms with van der Waals surface area (Å²) in [6.45, 7) is 5.46. The van der Waals surface area contributed by atoms with E-state index in [0.717, 1.165) is 5.69 Å². The van der Waals surface area contributed by atoms with Crippen molar-refractivity contribution in [1.82, 2.24) is 14.8 Å². The molecule has 0 unspecified atom stereocenters. The molecule has 1 aromatic rings. The summed E-state index contributed by atoms with van der Waals surface area (Å²) >= 11 is 0. The van der Waals surface area contributed by atoms with Gasteiger partial charge in [-0.2, -0.15) is 0 Å². The molecule has 0 aromatic carbocycles. The van der Waals surface area contributed by atoms with Crippen molar-refractivity contribution in [2.24, 2.45) is 0 Å². The van der Waals surface area contributed by atoms with Crippen LogP contribution in [0.5, 0.6) is 0 Å². The molecule has 0 spiro atoms. The van der Waals surface area contributed by atoms with Crippen molar-refractivity contribution in [3.8, 4) is 0 Å². The Morgan fingerprint density at radius 1 is 1.35 bits per heavy atom. The highest BCUT2D eigenvalue weighted by molar-refractivity contribution is 5.85. The van der Waals surface area contributed by atoms with E-state index in [9.17, 15) is 14.7 Å². The van der Waals surface area contributed by atoms with E-state index in [0.29, 0.717) is 13.1 Å². The number of urea groups is 1. The second-order valence-electron chi connectivity index (χ2n) is 5.07. The minimum absolute atomic E-state index is 0.324. The van der Waals surface area contributed by atoms with Gasteiger partial charge >= 0.3 is 12.0 Å². The molecular formula is C14H21N3O3. The first-order valence-corrected chi connectivity index (χ1v) is 6.46. The number of carboxylic acid groups (broad SMARTS) is 1. The van der Waals surface area contributed by atoms with Gasteiger partial charge in [0.1, 0.15) is 5.54 Å². The number of carbonyl (C=O) groups is 2. The molecule has 2 amide bonds. The topological polar surface area (TPSA) is 73.7 Å². The number of hydrogen-bond donors (Lipinski definition) is 1. The molecule has 6 heteroatoms. The van der Waals surface area contributed by atoms with Crippen LogP contribution in [0.1, 0.15) is 26.5 Å². The largest absolute Gasteiger partial charge is 0.480 e. The smallest absolute Gasteiger partial charge is 0.329 e. The molecular weight excluding hydrogens is 258 g/mol. The molecule has 0 bridgehead atoms. The molecule has 0 radical (unpaired) electrons. The third kappa shape index (κ3) is 3.46. The van der Waals surface area contributed by atoms with Gasteiger partial charge in [0.2, 0.25) is 0 Å². The van der Waals surface area contributed by atoms with Gasteiger partial charge in [-0.3, -0.25) is 4.98 Å². The Kier molecular flexibility index (Phi) is 5.07. The molecule has 0 aliphatic rings. The number of likely N-dealkylation sites (N-methyl/N-ethyl adjacent to an activating group) is 1. The summed E-state index contributed by atoms with van der Waals surface area (Å²) in [5.74, 6) is -1.03. The molecule has 0 atom stereocenters. The number of amides is 2. The summed E-state index contributed by atoms with van der Waals surface area (Å²) in [6, 6.07) is 5.14. The Hall–Kier alpha value is -2.11. The van der Waals surface area contributed by atoms with Gasteiger partial charge in [0.25, 0.3) is 0 Å². The van der Waals surface area contributed by atoms with Gasteiger partial charge in [-0.15, -0.1) is 0 Å². The molecule has 1 N–H and O–H groups in total. The number of pyridine rings is 1. The van der Waals surface area contributed by atoms with E-state index in [1.165, 1.54) is 23.6 Å². The minimum atomic E-state index is -1.25. The maximum Gasteiger partial charge on any atom is 0.329 e. The van der Waals surface area contributed by atoms with E-state index in [2.05, 4.69) is 4.98 Å². The lowest BCUT2D eigenvalue weighted by Crippen LogP contribution is -2.56. The normalized spacial score (nSPS) is 11.0. The van der Waals surface area contributed by atoms with Crippen LogP contribution in [0.4, 0.5) is 4.79 Å². The first-order valence-electron chi connectivity index (χ1n) is 6.46. The molecule has 20 heavy (non-hydrogen) atoms. The zero-order valence-corrected chi connectivity index (χ0v) is 12.3. The lowest BCUT2D eigenvalue weighted by Gasteiger charge is -2.36. The number of rotatable bonds is 5. The first kappa shape index (κ1) is 15.9. The van der Waals surface area contributed by atoms with Crippen molar-refractivity contribution in [2.75, 3.05) is 13.6 Å². The number of carboxylic acids is 1. The van der Waals surface area contributed by atoms with Gasteiger partial charge in [0, 0.05) is 19.8 Å². The SMILES string of the molecule is CCN(C(=O)N(C)Cc1ccccn1)C(C)(C)C(=O)O. The minimum Gasteiger partial charge on any atom is -0.480 e. The van der Waals surface area contributed by atoms with Crippen LogP contribution in [0.15, 0.2) is 24.4 Å². The van der Waals surface area contributed by atoms with Crippen molar-refractivity contribution in [2.45, 2.75) is 32.9 Å². The quantitative estimate of drug-likeness (QED) is 0.892. The Bertz CT molecular complexity index is 474. The van der Waals surface area contributed by atoms with Crippen LogP contribution in [-0.4, -0.2) is 51.0 Å². The highest BCUT2D eigenvalue weighted by Crippen LogP contribution is 2.17. The van der Waals surface area contributed by atoms with Crippen LogP contribution in [0.2, 0.25) is 0 Å². The molecule has 0 saturated heterocycles. The van der Waals surface area contributed by atoms with Crippen LogP contribution in [0.3, 0.4) is 0 Å². The van der Waals surface area contributed by atoms with Gasteiger partial charge in [-0.25, -0.2) is 9.59 Å². The van der Waals surface area contributed by atoms with Crippen molar-refractivity contribution in [1.29, 1.82) is 0 Å². The molecule has 110 valence electrons. The summed E-state index contributed by atoms with van der Waals surface area (Å²) in [7, 11) is 1.64. The zero-order chi connectivity index (χ0) is 15.3. The Morgan fingerprint density at radius 3 is 2.45 bits per heavy atom. The predicted octanol–water partition coefficient (Wildman–Crippen LogP) is 1.82. The zero-order valence-electron chi connectivity index (χ0n) is 12.3. The van der Waals surface area contributed by atoms with E-state index in [-0.39, 0.29) is 6.03 Å². The second kappa shape index (κ2) is 6.36. The molecule has 0 aliphatic carbocycles. The lowest BCUT2D eigenvalue weighted by molar-refractivity contribution is -0.147.